The zero-order chi connectivity index (χ0) is 23.0. The minimum Gasteiger partial charge on any atom is -0.393 e. The van der Waals surface area contributed by atoms with Crippen LogP contribution < -0.4 is 0 Å². The molecule has 3 aliphatic rings. The van der Waals surface area contributed by atoms with E-state index in [1.54, 1.807) is 13.8 Å². The fourth-order valence-electron chi connectivity index (χ4n) is 6.65. The Hall–Kier alpha value is -0.940. The molecule has 0 radical (unpaired) electrons. The summed E-state index contributed by atoms with van der Waals surface area (Å²) in [6, 6.07) is 0. The second-order valence-corrected chi connectivity index (χ2v) is 11.4. The third-order valence-electron chi connectivity index (χ3n) is 8.70. The molecule has 4 heteroatoms. The van der Waals surface area contributed by atoms with Gasteiger partial charge in [0, 0.05) is 6.42 Å². The van der Waals surface area contributed by atoms with E-state index >= 15 is 0 Å². The minimum absolute atomic E-state index is 0.282. The highest BCUT2D eigenvalue weighted by molar-refractivity contribution is 5.38. The molecule has 4 nitrogen and oxygen atoms in total. The van der Waals surface area contributed by atoms with Crippen LogP contribution in [-0.2, 0) is 0 Å². The summed E-state index contributed by atoms with van der Waals surface area (Å²) in [6.07, 6.45) is 11.1. The Balaban J connectivity index is 1.71. The molecule has 0 aliphatic heterocycles. The second-order valence-electron chi connectivity index (χ2n) is 11.4. The molecule has 3 saturated carbocycles. The predicted molar refractivity (Wildman–Crippen MR) is 125 cm³/mol. The topological polar surface area (TPSA) is 80.9 Å². The van der Waals surface area contributed by atoms with Crippen LogP contribution in [0.25, 0.3) is 0 Å². The molecule has 3 rings (SSSR count). The number of hydrogen-bond acceptors (Lipinski definition) is 4. The van der Waals surface area contributed by atoms with Gasteiger partial charge in [-0.05, 0) is 99.5 Å². The van der Waals surface area contributed by atoms with Crippen LogP contribution in [0.3, 0.4) is 0 Å². The smallest absolute Gasteiger partial charge is 0.0849 e. The summed E-state index contributed by atoms with van der Waals surface area (Å²) in [5, 5.41) is 40.5. The number of aliphatic hydroxyl groups is 4. The van der Waals surface area contributed by atoms with E-state index in [9.17, 15) is 20.4 Å². The number of hydrogen-bond donors (Lipinski definition) is 4. The lowest BCUT2D eigenvalue weighted by Gasteiger charge is -2.44. The Morgan fingerprint density at radius 2 is 1.90 bits per heavy atom. The third-order valence-corrected chi connectivity index (χ3v) is 8.70. The molecule has 0 aromatic heterocycles. The van der Waals surface area contributed by atoms with Crippen LogP contribution in [0.5, 0.6) is 0 Å². The maximum Gasteiger partial charge on any atom is 0.0849 e. The molecule has 0 aromatic carbocycles. The Morgan fingerprint density at radius 1 is 1.19 bits per heavy atom. The van der Waals surface area contributed by atoms with E-state index < -0.39 is 23.9 Å². The number of allylic oxidation sites excluding steroid dienone is 3. The van der Waals surface area contributed by atoms with Crippen molar-refractivity contribution in [2.75, 3.05) is 0 Å². The van der Waals surface area contributed by atoms with Gasteiger partial charge in [0.2, 0.25) is 0 Å². The van der Waals surface area contributed by atoms with E-state index in [-0.39, 0.29) is 5.41 Å². The first-order valence-corrected chi connectivity index (χ1v) is 12.3. The van der Waals surface area contributed by atoms with Gasteiger partial charge >= 0.3 is 0 Å². The van der Waals surface area contributed by atoms with Gasteiger partial charge in [0.05, 0.1) is 23.9 Å². The first-order chi connectivity index (χ1) is 14.4. The van der Waals surface area contributed by atoms with Crippen LogP contribution in [0.4, 0.5) is 0 Å². The first-order valence-electron chi connectivity index (χ1n) is 12.3. The molecule has 0 amide bonds. The summed E-state index contributed by atoms with van der Waals surface area (Å²) >= 11 is 0. The molecule has 0 heterocycles. The van der Waals surface area contributed by atoms with Crippen molar-refractivity contribution in [2.45, 2.75) is 109 Å². The Morgan fingerprint density at radius 3 is 2.58 bits per heavy atom. The van der Waals surface area contributed by atoms with Crippen LogP contribution in [-0.4, -0.2) is 44.3 Å². The summed E-state index contributed by atoms with van der Waals surface area (Å²) in [4.78, 5) is 0. The van der Waals surface area contributed by atoms with Gasteiger partial charge in [-0.15, -0.1) is 0 Å². The molecule has 7 atom stereocenters. The zero-order valence-electron chi connectivity index (χ0n) is 20.0. The van der Waals surface area contributed by atoms with Gasteiger partial charge < -0.3 is 20.4 Å². The van der Waals surface area contributed by atoms with Crippen LogP contribution in [0.2, 0.25) is 0 Å². The van der Waals surface area contributed by atoms with Crippen molar-refractivity contribution in [2.24, 2.45) is 23.2 Å². The summed E-state index contributed by atoms with van der Waals surface area (Å²) in [5.74, 6) is 1.74. The summed E-state index contributed by atoms with van der Waals surface area (Å²) in [7, 11) is 0. The average molecular weight is 433 g/mol. The molecule has 176 valence electrons. The summed E-state index contributed by atoms with van der Waals surface area (Å²) < 4.78 is 0. The van der Waals surface area contributed by atoms with E-state index in [0.717, 1.165) is 24.0 Å². The lowest BCUT2D eigenvalue weighted by molar-refractivity contribution is -0.0554. The van der Waals surface area contributed by atoms with E-state index in [1.165, 1.54) is 31.3 Å². The number of rotatable bonds is 6. The van der Waals surface area contributed by atoms with Gasteiger partial charge in [-0.25, -0.2) is 0 Å². The highest BCUT2D eigenvalue weighted by atomic mass is 16.3. The highest BCUT2D eigenvalue weighted by Gasteiger charge is 2.50. The zero-order valence-corrected chi connectivity index (χ0v) is 20.0. The van der Waals surface area contributed by atoms with Crippen molar-refractivity contribution >= 4 is 0 Å². The Kier molecular flexibility index (Phi) is 7.57. The van der Waals surface area contributed by atoms with E-state index in [0.29, 0.717) is 37.0 Å². The molecular formula is C27H44O4. The molecular weight excluding hydrogens is 388 g/mol. The standard InChI is InChI=1S/C27H44O4/c1-17(8-13-25(30)26(3,4)31)22-11-12-23-19(7-6-14-27(22,23)5)9-10-20-15-21(28)16-24(29)18(20)2/h9-10,17,21-25,28-31H,2,6-8,11-16H2,1,3-5H3/b19-9+,20-10+/t17?,21-,22-,23?,24+,25?,27-/m1/s1. The van der Waals surface area contributed by atoms with E-state index in [1.807, 2.05) is 0 Å². The maximum atomic E-state index is 10.3. The molecule has 4 N–H and O–H groups in total. The maximum absolute atomic E-state index is 10.3. The quantitative estimate of drug-likeness (QED) is 0.491. The van der Waals surface area contributed by atoms with Gasteiger partial charge in [-0.1, -0.05) is 38.2 Å². The van der Waals surface area contributed by atoms with Gasteiger partial charge in [-0.3, -0.25) is 0 Å². The predicted octanol–water partition coefficient (Wildman–Crippen LogP) is 4.68. The first kappa shape index (κ1) is 24.7. The van der Waals surface area contributed by atoms with Crippen molar-refractivity contribution in [3.8, 4) is 0 Å². The van der Waals surface area contributed by atoms with Gasteiger partial charge in [-0.2, -0.15) is 0 Å². The average Bonchev–Trinajstić information content (AvgIpc) is 3.04. The largest absolute Gasteiger partial charge is 0.393 e. The summed E-state index contributed by atoms with van der Waals surface area (Å²) in [5.41, 5.74) is 2.48. The van der Waals surface area contributed by atoms with Gasteiger partial charge in [0.25, 0.3) is 0 Å². The molecule has 3 aliphatic carbocycles. The van der Waals surface area contributed by atoms with Crippen LogP contribution in [0.1, 0.15) is 85.5 Å². The lowest BCUT2D eigenvalue weighted by Crippen LogP contribution is -2.38. The van der Waals surface area contributed by atoms with Gasteiger partial charge in [0.1, 0.15) is 0 Å². The van der Waals surface area contributed by atoms with Crippen LogP contribution >= 0.6 is 0 Å². The number of fused-ring (bicyclic) bond motifs is 1. The molecule has 0 saturated heterocycles. The Labute approximate surface area is 188 Å². The summed E-state index contributed by atoms with van der Waals surface area (Å²) in [6.45, 7) is 12.2. The molecule has 3 fully saturated rings. The molecule has 0 bridgehead atoms. The molecule has 3 unspecified atom stereocenters. The number of aliphatic hydroxyl groups excluding tert-OH is 3. The molecule has 0 aromatic rings. The Bertz CT molecular complexity index is 715. The minimum atomic E-state index is -1.04. The van der Waals surface area contributed by atoms with Crippen molar-refractivity contribution in [1.29, 1.82) is 0 Å². The fourth-order valence-corrected chi connectivity index (χ4v) is 6.65. The highest BCUT2D eigenvalue weighted by Crippen LogP contribution is 2.60. The van der Waals surface area contributed by atoms with E-state index in [2.05, 4.69) is 32.6 Å². The third kappa shape index (κ3) is 5.35. The SMILES string of the molecule is C=C1/C(=C/C=C2\CCC[C@@]3(C)C2CC[C@@H]3C(C)CCC(O)C(C)(C)O)C[C@@H](O)C[C@@H]1O. The van der Waals surface area contributed by atoms with E-state index in [4.69, 9.17) is 0 Å². The van der Waals surface area contributed by atoms with Crippen LogP contribution in [0.15, 0.2) is 35.5 Å². The monoisotopic (exact) mass is 432 g/mol. The molecule has 31 heavy (non-hydrogen) atoms. The van der Waals surface area contributed by atoms with Crippen molar-refractivity contribution in [1.82, 2.24) is 0 Å². The fraction of sp³-hybridized carbons (Fsp3) is 0.778. The lowest BCUT2D eigenvalue weighted by atomic mass is 9.60. The second kappa shape index (κ2) is 9.51. The normalized spacial score (nSPS) is 39.0. The van der Waals surface area contributed by atoms with Crippen LogP contribution in [0, 0.1) is 23.2 Å². The molecule has 0 spiro atoms. The van der Waals surface area contributed by atoms with Crippen molar-refractivity contribution in [3.05, 3.63) is 35.5 Å². The van der Waals surface area contributed by atoms with Crippen molar-refractivity contribution in [3.63, 3.8) is 0 Å². The van der Waals surface area contributed by atoms with Crippen molar-refractivity contribution < 1.29 is 20.4 Å². The van der Waals surface area contributed by atoms with Gasteiger partial charge in [0.15, 0.2) is 0 Å².